The summed E-state index contributed by atoms with van der Waals surface area (Å²) in [7, 11) is 0. The number of unbranched alkanes of at least 4 members (excludes halogenated alkanes) is 5. The highest BCUT2D eigenvalue weighted by atomic mass is 35.5. The van der Waals surface area contributed by atoms with Crippen LogP contribution >= 0.6 is 11.6 Å². The van der Waals surface area contributed by atoms with Crippen molar-refractivity contribution in [3.05, 3.63) is 82.4 Å². The standard InChI is InChI=1S/C47H59ClN2O11/c1-45(2,3)43(54)58-32-16-19-36-38(29-32)60-39-30-33(59-44(55)46(4,5)6)17-20-37(39)47(36)35-18-15-31(28-34(35)42(53)61-47)41(52)50-22-12-9-10-14-40(51)49-23-25-57-27-26-56-24-13-8-7-11-21-48/h15-20,28-30H,7-14,21-27H2,1-6H3,(H,49,51)(H,50,52). The number of hydrogen-bond donors (Lipinski definition) is 2. The van der Waals surface area contributed by atoms with Gasteiger partial charge in [-0.15, -0.1) is 11.6 Å². The smallest absolute Gasteiger partial charge is 0.340 e. The Hall–Kier alpha value is -4.98. The number of nitrogens with one attached hydrogen (secondary N) is 2. The van der Waals surface area contributed by atoms with Crippen LogP contribution in [0, 0.1) is 10.8 Å². The number of esters is 3. The lowest BCUT2D eigenvalue weighted by molar-refractivity contribution is -0.143. The van der Waals surface area contributed by atoms with Crippen LogP contribution in [0.1, 0.15) is 130 Å². The molecule has 0 fully saturated rings. The minimum Gasteiger partial charge on any atom is -0.456 e. The highest BCUT2D eigenvalue weighted by Gasteiger charge is 2.54. The van der Waals surface area contributed by atoms with E-state index in [-0.39, 0.29) is 45.9 Å². The largest absolute Gasteiger partial charge is 0.456 e. The van der Waals surface area contributed by atoms with Gasteiger partial charge >= 0.3 is 17.9 Å². The van der Waals surface area contributed by atoms with Gasteiger partial charge in [0.25, 0.3) is 5.91 Å². The molecule has 3 aromatic rings. The summed E-state index contributed by atoms with van der Waals surface area (Å²) in [6, 6.07) is 14.6. The molecule has 2 aliphatic heterocycles. The van der Waals surface area contributed by atoms with Crippen molar-refractivity contribution in [2.75, 3.05) is 45.4 Å². The quantitative estimate of drug-likeness (QED) is 0.0457. The Morgan fingerprint density at radius 3 is 1.82 bits per heavy atom. The summed E-state index contributed by atoms with van der Waals surface area (Å²) >= 11 is 5.68. The Kier molecular flexibility index (Phi) is 16.4. The topological polar surface area (TPSA) is 165 Å². The van der Waals surface area contributed by atoms with E-state index >= 15 is 0 Å². The first kappa shape index (κ1) is 47.1. The van der Waals surface area contributed by atoms with Crippen molar-refractivity contribution in [2.24, 2.45) is 10.8 Å². The van der Waals surface area contributed by atoms with Crippen molar-refractivity contribution >= 4 is 41.3 Å². The fourth-order valence-corrected chi connectivity index (χ4v) is 6.88. The molecule has 1 spiro atoms. The van der Waals surface area contributed by atoms with E-state index < -0.39 is 34.3 Å². The monoisotopic (exact) mass is 862 g/mol. The molecule has 0 aliphatic carbocycles. The van der Waals surface area contributed by atoms with Gasteiger partial charge in [-0.3, -0.25) is 19.2 Å². The summed E-state index contributed by atoms with van der Waals surface area (Å²) in [5.74, 6) is -0.264. The molecule has 2 aliphatic rings. The lowest BCUT2D eigenvalue weighted by Gasteiger charge is -2.36. The van der Waals surface area contributed by atoms with Crippen molar-refractivity contribution in [3.8, 4) is 23.0 Å². The van der Waals surface area contributed by atoms with Crippen molar-refractivity contribution < 1.29 is 52.4 Å². The molecule has 0 atom stereocenters. The fourth-order valence-electron chi connectivity index (χ4n) is 6.69. The van der Waals surface area contributed by atoms with Crippen molar-refractivity contribution in [2.45, 2.75) is 98.5 Å². The molecule has 5 rings (SSSR count). The van der Waals surface area contributed by atoms with E-state index in [0.29, 0.717) is 81.3 Å². The third-order valence-electron chi connectivity index (χ3n) is 10.1. The van der Waals surface area contributed by atoms with Gasteiger partial charge in [0.05, 0.1) is 36.2 Å². The van der Waals surface area contributed by atoms with Crippen molar-refractivity contribution in [3.63, 3.8) is 0 Å². The highest BCUT2D eigenvalue weighted by molar-refractivity contribution is 6.17. The van der Waals surface area contributed by atoms with Crippen LogP contribution in [0.5, 0.6) is 23.0 Å². The number of hydrogen-bond acceptors (Lipinski definition) is 11. The first-order valence-electron chi connectivity index (χ1n) is 21.1. The molecule has 2 N–H and O–H groups in total. The summed E-state index contributed by atoms with van der Waals surface area (Å²) in [5, 5.41) is 5.77. The zero-order valence-electron chi connectivity index (χ0n) is 36.2. The molecule has 13 nitrogen and oxygen atoms in total. The lowest BCUT2D eigenvalue weighted by Crippen LogP contribution is -2.33. The van der Waals surface area contributed by atoms with E-state index in [1.54, 1.807) is 90.1 Å². The second-order valence-corrected chi connectivity index (χ2v) is 17.7. The van der Waals surface area contributed by atoms with E-state index in [9.17, 15) is 24.0 Å². The molecular formula is C47H59ClN2O11. The lowest BCUT2D eigenvalue weighted by atomic mass is 9.77. The summed E-state index contributed by atoms with van der Waals surface area (Å²) in [4.78, 5) is 64.8. The number of carbonyl (C=O) groups excluding carboxylic acids is 5. The molecule has 0 unspecified atom stereocenters. The van der Waals surface area contributed by atoms with Crippen LogP contribution < -0.4 is 24.8 Å². The number of carbonyl (C=O) groups is 5. The van der Waals surface area contributed by atoms with E-state index in [0.717, 1.165) is 32.1 Å². The van der Waals surface area contributed by atoms with E-state index in [4.69, 9.17) is 40.0 Å². The number of fused-ring (bicyclic) bond motifs is 6. The molecule has 330 valence electrons. The molecule has 2 amide bonds. The third kappa shape index (κ3) is 12.3. The van der Waals surface area contributed by atoms with Crippen LogP contribution in [0.15, 0.2) is 54.6 Å². The van der Waals surface area contributed by atoms with Gasteiger partial charge in [-0.25, -0.2) is 4.79 Å². The minimum absolute atomic E-state index is 0.0489. The second kappa shape index (κ2) is 21.2. The number of benzene rings is 3. The third-order valence-corrected chi connectivity index (χ3v) is 10.4. The molecule has 0 saturated carbocycles. The summed E-state index contributed by atoms with van der Waals surface area (Å²) in [6.45, 7) is 13.4. The second-order valence-electron chi connectivity index (χ2n) is 17.3. The molecule has 2 heterocycles. The number of rotatable bonds is 21. The van der Waals surface area contributed by atoms with Gasteiger partial charge in [-0.1, -0.05) is 25.3 Å². The van der Waals surface area contributed by atoms with Crippen molar-refractivity contribution in [1.29, 1.82) is 0 Å². The predicted octanol–water partition coefficient (Wildman–Crippen LogP) is 8.40. The zero-order valence-corrected chi connectivity index (χ0v) is 36.9. The Balaban J connectivity index is 1.17. The average molecular weight is 863 g/mol. The normalized spacial score (nSPS) is 13.7. The van der Waals surface area contributed by atoms with Crippen LogP contribution in [0.3, 0.4) is 0 Å². The Morgan fingerprint density at radius 1 is 0.639 bits per heavy atom. The predicted molar refractivity (Wildman–Crippen MR) is 230 cm³/mol. The van der Waals surface area contributed by atoms with Crippen LogP contribution in [-0.4, -0.2) is 75.1 Å². The summed E-state index contributed by atoms with van der Waals surface area (Å²) in [5.41, 5.74) is -1.12. The molecule has 3 aromatic carbocycles. The molecule has 0 aromatic heterocycles. The number of alkyl halides is 1. The molecule has 0 bridgehead atoms. The zero-order chi connectivity index (χ0) is 44.2. The Bertz CT molecular complexity index is 1970. The van der Waals surface area contributed by atoms with Gasteiger partial charge < -0.3 is 39.1 Å². The number of halogens is 1. The van der Waals surface area contributed by atoms with Crippen LogP contribution in [0.25, 0.3) is 0 Å². The van der Waals surface area contributed by atoms with Gasteiger partial charge in [0.1, 0.15) is 23.0 Å². The van der Waals surface area contributed by atoms with Crippen molar-refractivity contribution in [1.82, 2.24) is 10.6 Å². The van der Waals surface area contributed by atoms with Crippen LogP contribution in [0.4, 0.5) is 0 Å². The number of amides is 2. The van der Waals surface area contributed by atoms with Gasteiger partial charge in [-0.2, -0.15) is 0 Å². The molecular weight excluding hydrogens is 804 g/mol. The number of ether oxygens (including phenoxy) is 6. The molecule has 61 heavy (non-hydrogen) atoms. The first-order chi connectivity index (χ1) is 29.0. The maximum absolute atomic E-state index is 13.8. The maximum atomic E-state index is 13.8. The van der Waals surface area contributed by atoms with Crippen LogP contribution in [0.2, 0.25) is 0 Å². The van der Waals surface area contributed by atoms with Gasteiger partial charge in [0.15, 0.2) is 5.60 Å². The van der Waals surface area contributed by atoms with Gasteiger partial charge in [-0.05, 0) is 104 Å². The van der Waals surface area contributed by atoms with E-state index in [1.165, 1.54) is 6.07 Å². The average Bonchev–Trinajstić information content (AvgIpc) is 3.49. The fraction of sp³-hybridized carbons (Fsp3) is 0.511. The highest BCUT2D eigenvalue weighted by Crippen LogP contribution is 2.57. The molecule has 0 saturated heterocycles. The SMILES string of the molecule is CC(C)(C)C(=O)Oc1ccc2c(c1)Oc1cc(OC(=O)C(C)(C)C)ccc1C21OC(=O)c2cc(C(=O)NCCCCCC(=O)NCCOCCOCCCCCCCl)ccc21. The van der Waals surface area contributed by atoms with Gasteiger partial charge in [0.2, 0.25) is 5.91 Å². The Morgan fingerprint density at radius 2 is 1.21 bits per heavy atom. The van der Waals surface area contributed by atoms with E-state index in [1.807, 2.05) is 0 Å². The first-order valence-corrected chi connectivity index (χ1v) is 21.6. The van der Waals surface area contributed by atoms with Crippen LogP contribution in [-0.2, 0) is 34.2 Å². The minimum atomic E-state index is -1.50. The van der Waals surface area contributed by atoms with E-state index in [2.05, 4.69) is 10.6 Å². The van der Waals surface area contributed by atoms with Gasteiger partial charge in [0, 0.05) is 66.4 Å². The maximum Gasteiger partial charge on any atom is 0.340 e. The summed E-state index contributed by atoms with van der Waals surface area (Å²) < 4.78 is 35.1. The molecule has 0 radical (unpaired) electrons. The summed E-state index contributed by atoms with van der Waals surface area (Å²) in [6.07, 6.45) is 6.73. The molecule has 14 heteroatoms. The Labute approximate surface area is 363 Å².